The van der Waals surface area contributed by atoms with Crippen LogP contribution in [0.25, 0.3) is 0 Å². The molecule has 0 radical (unpaired) electrons. The van der Waals surface area contributed by atoms with Crippen molar-refractivity contribution in [2.75, 3.05) is 4.72 Å². The predicted octanol–water partition coefficient (Wildman–Crippen LogP) is 0.713. The number of nitrogens with zero attached hydrogens (tertiary/aromatic N) is 2. The second-order valence-corrected chi connectivity index (χ2v) is 5.39. The third-order valence-corrected chi connectivity index (χ3v) is 3.87. The molecule has 2 N–H and O–H groups in total. The zero-order valence-corrected chi connectivity index (χ0v) is 10.6. The van der Waals surface area contributed by atoms with Gasteiger partial charge in [0.05, 0.1) is 12.8 Å². The third kappa shape index (κ3) is 2.52. The molecular weight excluding hydrogens is 254 g/mol. The molecule has 0 aliphatic rings. The summed E-state index contributed by atoms with van der Waals surface area (Å²) in [6.45, 7) is -0.138. The van der Waals surface area contributed by atoms with Gasteiger partial charge in [0.2, 0.25) is 0 Å². The maximum absolute atomic E-state index is 12.0. The van der Waals surface area contributed by atoms with Gasteiger partial charge in [0, 0.05) is 12.7 Å². The number of aromatic nitrogens is 2. The molecule has 0 saturated carbocycles. The first-order chi connectivity index (χ1) is 8.53. The number of nitrogens with one attached hydrogen (secondary N) is 1. The van der Waals surface area contributed by atoms with Gasteiger partial charge in [0.15, 0.2) is 5.03 Å². The minimum Gasteiger partial charge on any atom is -0.392 e. The average Bonchev–Trinajstić information content (AvgIpc) is 2.76. The fourth-order valence-corrected chi connectivity index (χ4v) is 2.74. The molecule has 0 bridgehead atoms. The second kappa shape index (κ2) is 4.79. The highest BCUT2D eigenvalue weighted by Crippen LogP contribution is 2.16. The van der Waals surface area contributed by atoms with E-state index in [2.05, 4.69) is 9.82 Å². The Labute approximate surface area is 105 Å². The van der Waals surface area contributed by atoms with Crippen LogP contribution < -0.4 is 4.72 Å². The lowest BCUT2D eigenvalue weighted by Crippen LogP contribution is -2.16. The number of aryl methyl sites for hydroxylation is 1. The predicted molar refractivity (Wildman–Crippen MR) is 66.4 cm³/mol. The highest BCUT2D eigenvalue weighted by atomic mass is 32.2. The fraction of sp³-hybridized carbons (Fsp3) is 0.182. The zero-order chi connectivity index (χ0) is 13.2. The molecule has 0 fully saturated rings. The van der Waals surface area contributed by atoms with Crippen LogP contribution in [-0.4, -0.2) is 23.3 Å². The van der Waals surface area contributed by atoms with Crippen molar-refractivity contribution < 1.29 is 13.5 Å². The lowest BCUT2D eigenvalue weighted by molar-refractivity contribution is 0.282. The summed E-state index contributed by atoms with van der Waals surface area (Å²) in [6.07, 6.45) is 1.42. The van der Waals surface area contributed by atoms with Crippen LogP contribution in [0, 0.1) is 0 Å². The van der Waals surface area contributed by atoms with E-state index in [0.29, 0.717) is 11.3 Å². The summed E-state index contributed by atoms with van der Waals surface area (Å²) >= 11 is 0. The van der Waals surface area contributed by atoms with E-state index in [4.69, 9.17) is 5.11 Å². The zero-order valence-electron chi connectivity index (χ0n) is 9.74. The van der Waals surface area contributed by atoms with Gasteiger partial charge in [-0.25, -0.2) is 0 Å². The number of benzene rings is 1. The van der Waals surface area contributed by atoms with Gasteiger partial charge in [-0.05, 0) is 23.8 Å². The topological polar surface area (TPSA) is 84.2 Å². The van der Waals surface area contributed by atoms with Crippen LogP contribution in [0.1, 0.15) is 5.56 Å². The molecule has 96 valence electrons. The van der Waals surface area contributed by atoms with Gasteiger partial charge >= 0.3 is 0 Å². The van der Waals surface area contributed by atoms with E-state index in [-0.39, 0.29) is 11.6 Å². The van der Waals surface area contributed by atoms with Crippen LogP contribution >= 0.6 is 0 Å². The van der Waals surface area contributed by atoms with E-state index >= 15 is 0 Å². The number of aliphatic hydroxyl groups is 1. The third-order valence-electron chi connectivity index (χ3n) is 2.41. The smallest absolute Gasteiger partial charge is 0.279 e. The van der Waals surface area contributed by atoms with Gasteiger partial charge in [0.25, 0.3) is 10.0 Å². The summed E-state index contributed by atoms with van der Waals surface area (Å²) in [6, 6.07) is 7.99. The molecule has 2 rings (SSSR count). The van der Waals surface area contributed by atoms with Crippen molar-refractivity contribution in [2.45, 2.75) is 11.6 Å². The molecule has 0 atom stereocenters. The number of rotatable bonds is 4. The van der Waals surface area contributed by atoms with E-state index in [0.717, 1.165) is 0 Å². The molecule has 2 aromatic rings. The molecular formula is C11H13N3O3S. The van der Waals surface area contributed by atoms with Gasteiger partial charge in [-0.2, -0.15) is 13.5 Å². The van der Waals surface area contributed by atoms with Crippen molar-refractivity contribution >= 4 is 15.7 Å². The van der Waals surface area contributed by atoms with Gasteiger partial charge in [-0.1, -0.05) is 12.1 Å². The largest absolute Gasteiger partial charge is 0.392 e. The summed E-state index contributed by atoms with van der Waals surface area (Å²) in [5.74, 6) is 0. The summed E-state index contributed by atoms with van der Waals surface area (Å²) in [7, 11) is -2.10. The minimum atomic E-state index is -3.66. The van der Waals surface area contributed by atoms with E-state index < -0.39 is 10.0 Å². The Morgan fingerprint density at radius 3 is 2.78 bits per heavy atom. The van der Waals surface area contributed by atoms with Crippen molar-refractivity contribution in [1.29, 1.82) is 0 Å². The second-order valence-electron chi connectivity index (χ2n) is 3.76. The Hall–Kier alpha value is -1.86. The summed E-state index contributed by atoms with van der Waals surface area (Å²) in [4.78, 5) is 0. The summed E-state index contributed by atoms with van der Waals surface area (Å²) in [5.41, 5.74) is 1.04. The van der Waals surface area contributed by atoms with Crippen LogP contribution in [0.2, 0.25) is 0 Å². The van der Waals surface area contributed by atoms with Crippen molar-refractivity contribution in [3.63, 3.8) is 0 Å². The first-order valence-electron chi connectivity index (χ1n) is 5.23. The fourth-order valence-electron chi connectivity index (χ4n) is 1.57. The monoisotopic (exact) mass is 267 g/mol. The van der Waals surface area contributed by atoms with Gasteiger partial charge in [-0.15, -0.1) is 0 Å². The van der Waals surface area contributed by atoms with Crippen molar-refractivity contribution in [3.05, 3.63) is 42.1 Å². The Morgan fingerprint density at radius 1 is 1.39 bits per heavy atom. The quantitative estimate of drug-likeness (QED) is 0.854. The lowest BCUT2D eigenvalue weighted by atomic mass is 10.2. The maximum Gasteiger partial charge on any atom is 0.279 e. The minimum absolute atomic E-state index is 0.0805. The molecule has 0 amide bonds. The number of anilines is 1. The van der Waals surface area contributed by atoms with Crippen LogP contribution in [0.4, 0.5) is 5.69 Å². The van der Waals surface area contributed by atoms with Crippen LogP contribution in [0.3, 0.4) is 0 Å². The molecule has 1 heterocycles. The van der Waals surface area contributed by atoms with E-state index in [9.17, 15) is 8.42 Å². The summed E-state index contributed by atoms with van der Waals surface area (Å²) < 4.78 is 27.8. The van der Waals surface area contributed by atoms with Gasteiger partial charge < -0.3 is 5.11 Å². The standard InChI is InChI=1S/C11H13N3O3S/c1-14-11(5-6-12-14)18(16,17)13-10-4-2-3-9(7-10)8-15/h2-7,13,15H,8H2,1H3. The van der Waals surface area contributed by atoms with Crippen LogP contribution in [-0.2, 0) is 23.7 Å². The molecule has 7 heteroatoms. The molecule has 0 aliphatic heterocycles. The Balaban J connectivity index is 2.31. The highest BCUT2D eigenvalue weighted by Gasteiger charge is 2.17. The number of hydrogen-bond donors (Lipinski definition) is 2. The van der Waals surface area contributed by atoms with Crippen LogP contribution in [0.15, 0.2) is 41.6 Å². The number of hydrogen-bond acceptors (Lipinski definition) is 4. The molecule has 18 heavy (non-hydrogen) atoms. The van der Waals surface area contributed by atoms with Crippen LogP contribution in [0.5, 0.6) is 0 Å². The number of aliphatic hydroxyl groups excluding tert-OH is 1. The molecule has 0 spiro atoms. The van der Waals surface area contributed by atoms with E-state index in [1.54, 1.807) is 31.3 Å². The van der Waals surface area contributed by atoms with Crippen molar-refractivity contribution in [2.24, 2.45) is 7.05 Å². The SMILES string of the molecule is Cn1nccc1S(=O)(=O)Nc1cccc(CO)c1. The van der Waals surface area contributed by atoms with E-state index in [1.807, 2.05) is 0 Å². The lowest BCUT2D eigenvalue weighted by Gasteiger charge is -2.08. The Kier molecular flexibility index (Phi) is 3.35. The molecule has 0 aliphatic carbocycles. The maximum atomic E-state index is 12.0. The molecule has 6 nitrogen and oxygen atoms in total. The molecule has 0 saturated heterocycles. The Morgan fingerprint density at radius 2 is 2.17 bits per heavy atom. The average molecular weight is 267 g/mol. The number of sulfonamides is 1. The van der Waals surface area contributed by atoms with Crippen molar-refractivity contribution in [3.8, 4) is 0 Å². The summed E-state index contributed by atoms with van der Waals surface area (Å²) in [5, 5.41) is 12.9. The first-order valence-corrected chi connectivity index (χ1v) is 6.72. The molecule has 1 aromatic heterocycles. The molecule has 1 aromatic carbocycles. The normalized spacial score (nSPS) is 11.4. The highest BCUT2D eigenvalue weighted by molar-refractivity contribution is 7.92. The van der Waals surface area contributed by atoms with Crippen molar-refractivity contribution in [1.82, 2.24) is 9.78 Å². The van der Waals surface area contributed by atoms with Gasteiger partial charge in [-0.3, -0.25) is 9.40 Å². The molecule has 0 unspecified atom stereocenters. The van der Waals surface area contributed by atoms with E-state index in [1.165, 1.54) is 16.9 Å². The van der Waals surface area contributed by atoms with Gasteiger partial charge in [0.1, 0.15) is 0 Å². The first kappa shape index (κ1) is 12.6. The Bertz CT molecular complexity index is 649.